The zero-order valence-corrected chi connectivity index (χ0v) is 15.5. The Morgan fingerprint density at radius 1 is 0.821 bits per heavy atom. The number of para-hydroxylation sites is 1. The first-order chi connectivity index (χ1) is 13.6. The highest BCUT2D eigenvalue weighted by Gasteiger charge is 2.22. The van der Waals surface area contributed by atoms with Crippen LogP contribution in [-0.4, -0.2) is 21.7 Å². The van der Waals surface area contributed by atoms with Crippen LogP contribution in [-0.2, 0) is 0 Å². The Kier molecular flexibility index (Phi) is 4.49. The molecule has 0 aliphatic rings. The molecule has 0 radical (unpaired) electrons. The molecule has 0 bridgehead atoms. The van der Waals surface area contributed by atoms with Gasteiger partial charge in [0.1, 0.15) is 0 Å². The van der Waals surface area contributed by atoms with E-state index >= 15 is 0 Å². The molecule has 4 aromatic rings. The third-order valence-corrected chi connectivity index (χ3v) is 4.64. The van der Waals surface area contributed by atoms with Gasteiger partial charge in [-0.25, -0.2) is 4.79 Å². The van der Waals surface area contributed by atoms with Gasteiger partial charge in [-0.1, -0.05) is 48.5 Å². The molecule has 138 valence electrons. The minimum atomic E-state index is -0.518. The molecule has 1 aromatic heterocycles. The second-order valence-electron chi connectivity index (χ2n) is 6.56. The second kappa shape index (κ2) is 7.12. The fourth-order valence-electron chi connectivity index (χ4n) is 3.25. The highest BCUT2D eigenvalue weighted by atomic mass is 16.5. The molecule has 1 heterocycles. The predicted molar refractivity (Wildman–Crippen MR) is 107 cm³/mol. The highest BCUT2D eigenvalue weighted by Crippen LogP contribution is 2.27. The first-order valence-electron chi connectivity index (χ1n) is 8.92. The van der Waals surface area contributed by atoms with Crippen LogP contribution >= 0.6 is 0 Å². The van der Waals surface area contributed by atoms with Crippen molar-refractivity contribution in [3.05, 3.63) is 95.1 Å². The van der Waals surface area contributed by atoms with Gasteiger partial charge in [0.15, 0.2) is 0 Å². The Morgan fingerprint density at radius 2 is 1.46 bits per heavy atom. The number of fused-ring (bicyclic) bond motifs is 1. The van der Waals surface area contributed by atoms with Crippen LogP contribution in [0.4, 0.5) is 0 Å². The van der Waals surface area contributed by atoms with E-state index in [0.717, 1.165) is 11.1 Å². The van der Waals surface area contributed by atoms with Crippen molar-refractivity contribution < 1.29 is 14.3 Å². The van der Waals surface area contributed by atoms with Crippen LogP contribution in [0.3, 0.4) is 0 Å². The molecule has 4 rings (SSSR count). The number of esters is 1. The maximum absolute atomic E-state index is 13.2. The van der Waals surface area contributed by atoms with Gasteiger partial charge in [-0.3, -0.25) is 4.79 Å². The fourth-order valence-corrected chi connectivity index (χ4v) is 3.25. The summed E-state index contributed by atoms with van der Waals surface area (Å²) in [4.78, 5) is 25.7. The molecule has 0 aliphatic carbocycles. The molecule has 0 fully saturated rings. The lowest BCUT2D eigenvalue weighted by molar-refractivity contribution is 0.0725. The van der Waals surface area contributed by atoms with Crippen molar-refractivity contribution >= 4 is 22.8 Å². The van der Waals surface area contributed by atoms with Gasteiger partial charge >= 0.3 is 5.97 Å². The van der Waals surface area contributed by atoms with E-state index in [-0.39, 0.29) is 11.8 Å². The van der Waals surface area contributed by atoms with Crippen molar-refractivity contribution in [1.82, 2.24) is 9.78 Å². The molecule has 0 saturated carbocycles. The average molecular weight is 370 g/mol. The molecule has 0 amide bonds. The van der Waals surface area contributed by atoms with Gasteiger partial charge in [0.25, 0.3) is 5.91 Å². The monoisotopic (exact) mass is 370 g/mol. The molecule has 0 saturated heterocycles. The van der Waals surface area contributed by atoms with Crippen molar-refractivity contribution in [2.45, 2.75) is 13.8 Å². The summed E-state index contributed by atoms with van der Waals surface area (Å²) in [5, 5.41) is 4.94. The van der Waals surface area contributed by atoms with Gasteiger partial charge in [-0.2, -0.15) is 4.68 Å². The summed E-state index contributed by atoms with van der Waals surface area (Å²) in [5.41, 5.74) is 3.34. The van der Waals surface area contributed by atoms with Crippen molar-refractivity contribution in [3.8, 4) is 5.88 Å². The summed E-state index contributed by atoms with van der Waals surface area (Å²) in [6.45, 7) is 3.78. The van der Waals surface area contributed by atoms with Crippen LogP contribution in [0.2, 0.25) is 0 Å². The molecule has 0 unspecified atom stereocenters. The summed E-state index contributed by atoms with van der Waals surface area (Å²) < 4.78 is 6.82. The number of benzene rings is 3. The summed E-state index contributed by atoms with van der Waals surface area (Å²) in [6, 6.07) is 21.6. The zero-order valence-electron chi connectivity index (χ0n) is 15.5. The Bertz CT molecular complexity index is 1170. The molecule has 0 aliphatic heterocycles. The summed E-state index contributed by atoms with van der Waals surface area (Å²) in [6.07, 6.45) is 0. The SMILES string of the molecule is Cc1cccc(C)c1C(=O)n1nc(OC(=O)c2ccccc2)c2ccccc21. The van der Waals surface area contributed by atoms with Crippen LogP contribution in [0.15, 0.2) is 72.8 Å². The molecule has 0 spiro atoms. The van der Waals surface area contributed by atoms with Gasteiger partial charge in [-0.15, -0.1) is 5.10 Å². The lowest BCUT2D eigenvalue weighted by atomic mass is 10.0. The number of nitrogens with zero attached hydrogens (tertiary/aromatic N) is 2. The van der Waals surface area contributed by atoms with Crippen LogP contribution in [0.1, 0.15) is 31.8 Å². The molecule has 3 aromatic carbocycles. The fraction of sp³-hybridized carbons (Fsp3) is 0.0870. The van der Waals surface area contributed by atoms with Crippen LogP contribution in [0.5, 0.6) is 5.88 Å². The third-order valence-electron chi connectivity index (χ3n) is 4.64. The van der Waals surface area contributed by atoms with Gasteiger partial charge in [-0.05, 0) is 49.2 Å². The van der Waals surface area contributed by atoms with Crippen molar-refractivity contribution in [2.24, 2.45) is 0 Å². The molecule has 5 heteroatoms. The topological polar surface area (TPSA) is 61.2 Å². The van der Waals surface area contributed by atoms with E-state index < -0.39 is 5.97 Å². The zero-order chi connectivity index (χ0) is 19.7. The number of aromatic nitrogens is 2. The summed E-state index contributed by atoms with van der Waals surface area (Å²) >= 11 is 0. The normalized spacial score (nSPS) is 10.8. The second-order valence-corrected chi connectivity index (χ2v) is 6.56. The lowest BCUT2D eigenvalue weighted by Crippen LogP contribution is -2.17. The van der Waals surface area contributed by atoms with E-state index in [1.165, 1.54) is 4.68 Å². The largest absolute Gasteiger partial charge is 0.402 e. The van der Waals surface area contributed by atoms with E-state index in [2.05, 4.69) is 5.10 Å². The van der Waals surface area contributed by atoms with Gasteiger partial charge < -0.3 is 4.74 Å². The van der Waals surface area contributed by atoms with Crippen LogP contribution < -0.4 is 4.74 Å². The number of aryl methyl sites for hydroxylation is 2. The smallest absolute Gasteiger partial charge is 0.344 e. The third kappa shape index (κ3) is 3.07. The number of carbonyl (C=O) groups is 2. The van der Waals surface area contributed by atoms with Crippen molar-refractivity contribution in [1.29, 1.82) is 0 Å². The standard InChI is InChI=1S/C23H18N2O3/c1-15-9-8-10-16(2)20(15)22(26)25-19-14-7-6-13-18(19)21(24-25)28-23(27)17-11-4-3-5-12-17/h3-14H,1-2H3. The van der Waals surface area contributed by atoms with Crippen LogP contribution in [0, 0.1) is 13.8 Å². The lowest BCUT2D eigenvalue weighted by Gasteiger charge is -2.08. The predicted octanol–water partition coefficient (Wildman–Crippen LogP) is 4.56. The quantitative estimate of drug-likeness (QED) is 0.496. The van der Waals surface area contributed by atoms with E-state index in [0.29, 0.717) is 22.0 Å². The molecule has 28 heavy (non-hydrogen) atoms. The molecule has 0 N–H and O–H groups in total. The number of ether oxygens (including phenoxy) is 1. The molecular formula is C23H18N2O3. The van der Waals surface area contributed by atoms with Crippen LogP contribution in [0.25, 0.3) is 10.9 Å². The van der Waals surface area contributed by atoms with E-state index in [1.54, 1.807) is 36.4 Å². The van der Waals surface area contributed by atoms with E-state index in [9.17, 15) is 9.59 Å². The van der Waals surface area contributed by atoms with Gasteiger partial charge in [0.2, 0.25) is 5.88 Å². The maximum Gasteiger partial charge on any atom is 0.344 e. The summed E-state index contributed by atoms with van der Waals surface area (Å²) in [5.74, 6) is -0.659. The first kappa shape index (κ1) is 17.7. The molecule has 5 nitrogen and oxygen atoms in total. The minimum absolute atomic E-state index is 0.115. The highest BCUT2D eigenvalue weighted by molar-refractivity contribution is 6.04. The Hall–Kier alpha value is -3.73. The Balaban J connectivity index is 1.79. The van der Waals surface area contributed by atoms with Gasteiger partial charge in [0, 0.05) is 5.56 Å². The number of carbonyl (C=O) groups excluding carboxylic acids is 2. The Morgan fingerprint density at radius 3 is 2.18 bits per heavy atom. The molecule has 0 atom stereocenters. The minimum Gasteiger partial charge on any atom is -0.402 e. The van der Waals surface area contributed by atoms with Gasteiger partial charge in [0.05, 0.1) is 16.5 Å². The van der Waals surface area contributed by atoms with E-state index in [4.69, 9.17) is 4.74 Å². The number of rotatable bonds is 3. The number of hydrogen-bond donors (Lipinski definition) is 0. The van der Waals surface area contributed by atoms with Crippen molar-refractivity contribution in [2.75, 3.05) is 0 Å². The first-order valence-corrected chi connectivity index (χ1v) is 8.92. The number of hydrogen-bond acceptors (Lipinski definition) is 4. The summed E-state index contributed by atoms with van der Waals surface area (Å²) in [7, 11) is 0. The average Bonchev–Trinajstić information content (AvgIpc) is 3.07. The maximum atomic E-state index is 13.2. The van der Waals surface area contributed by atoms with Crippen molar-refractivity contribution in [3.63, 3.8) is 0 Å². The Labute approximate surface area is 162 Å². The molecular weight excluding hydrogens is 352 g/mol. The van der Waals surface area contributed by atoms with E-state index in [1.807, 2.05) is 50.2 Å².